The van der Waals surface area contributed by atoms with Gasteiger partial charge in [0.25, 0.3) is 0 Å². The van der Waals surface area contributed by atoms with Crippen molar-refractivity contribution in [2.75, 3.05) is 19.6 Å². The van der Waals surface area contributed by atoms with Crippen molar-refractivity contribution < 1.29 is 0 Å². The first kappa shape index (κ1) is 12.4. The van der Waals surface area contributed by atoms with E-state index in [1.54, 1.807) is 0 Å². The van der Waals surface area contributed by atoms with Gasteiger partial charge in [0, 0.05) is 18.6 Å². The van der Waals surface area contributed by atoms with Gasteiger partial charge in [-0.2, -0.15) is 0 Å². The van der Waals surface area contributed by atoms with E-state index in [9.17, 15) is 0 Å². The van der Waals surface area contributed by atoms with E-state index < -0.39 is 0 Å². The Balaban J connectivity index is 1.92. The smallest absolute Gasteiger partial charge is 0.0337 e. The van der Waals surface area contributed by atoms with E-state index in [4.69, 9.17) is 5.73 Å². The Morgan fingerprint density at radius 2 is 1.94 bits per heavy atom. The minimum atomic E-state index is 0.367. The SMILES string of the molecule is CCN(CC1CC1)C1(CN)CC(C(C)C)C1. The molecule has 2 aliphatic rings. The van der Waals surface area contributed by atoms with Gasteiger partial charge in [0.05, 0.1) is 0 Å². The van der Waals surface area contributed by atoms with Gasteiger partial charge in [-0.15, -0.1) is 0 Å². The Labute approximate surface area is 101 Å². The lowest BCUT2D eigenvalue weighted by Crippen LogP contribution is -2.62. The molecular formula is C14H28N2. The second kappa shape index (κ2) is 4.66. The van der Waals surface area contributed by atoms with Crippen LogP contribution in [0.25, 0.3) is 0 Å². The van der Waals surface area contributed by atoms with Crippen LogP contribution in [0.15, 0.2) is 0 Å². The molecule has 94 valence electrons. The number of hydrogen-bond donors (Lipinski definition) is 1. The Morgan fingerprint density at radius 3 is 2.31 bits per heavy atom. The predicted molar refractivity (Wildman–Crippen MR) is 69.3 cm³/mol. The van der Waals surface area contributed by atoms with E-state index >= 15 is 0 Å². The first-order valence-electron chi connectivity index (χ1n) is 7.06. The Hall–Kier alpha value is -0.0800. The molecule has 0 heterocycles. The maximum absolute atomic E-state index is 6.06. The number of hydrogen-bond acceptors (Lipinski definition) is 2. The maximum Gasteiger partial charge on any atom is 0.0337 e. The van der Waals surface area contributed by atoms with Crippen LogP contribution in [0.2, 0.25) is 0 Å². The summed E-state index contributed by atoms with van der Waals surface area (Å²) in [6.45, 7) is 10.3. The van der Waals surface area contributed by atoms with Crippen LogP contribution in [0.4, 0.5) is 0 Å². The molecule has 0 unspecified atom stereocenters. The number of rotatable bonds is 6. The summed E-state index contributed by atoms with van der Waals surface area (Å²) in [6, 6.07) is 0. The van der Waals surface area contributed by atoms with Crippen molar-refractivity contribution in [1.82, 2.24) is 4.90 Å². The topological polar surface area (TPSA) is 29.3 Å². The van der Waals surface area contributed by atoms with Gasteiger partial charge in [0.2, 0.25) is 0 Å². The van der Waals surface area contributed by atoms with Crippen LogP contribution >= 0.6 is 0 Å². The minimum Gasteiger partial charge on any atom is -0.329 e. The van der Waals surface area contributed by atoms with Crippen molar-refractivity contribution in [3.05, 3.63) is 0 Å². The summed E-state index contributed by atoms with van der Waals surface area (Å²) in [7, 11) is 0. The summed E-state index contributed by atoms with van der Waals surface area (Å²) >= 11 is 0. The van der Waals surface area contributed by atoms with Crippen LogP contribution in [0, 0.1) is 17.8 Å². The molecule has 0 amide bonds. The van der Waals surface area contributed by atoms with Gasteiger partial charge in [-0.25, -0.2) is 0 Å². The molecule has 0 bridgehead atoms. The van der Waals surface area contributed by atoms with E-state index in [0.29, 0.717) is 5.54 Å². The fourth-order valence-corrected chi connectivity index (χ4v) is 3.21. The summed E-state index contributed by atoms with van der Waals surface area (Å²) in [6.07, 6.45) is 5.57. The number of likely N-dealkylation sites (N-methyl/N-ethyl adjacent to an activating group) is 1. The van der Waals surface area contributed by atoms with Crippen LogP contribution in [0.3, 0.4) is 0 Å². The van der Waals surface area contributed by atoms with E-state index in [-0.39, 0.29) is 0 Å². The normalized spacial score (nSPS) is 34.5. The number of nitrogens with two attached hydrogens (primary N) is 1. The van der Waals surface area contributed by atoms with Crippen LogP contribution in [0.1, 0.15) is 46.5 Å². The Kier molecular flexibility index (Phi) is 3.60. The van der Waals surface area contributed by atoms with E-state index in [1.165, 1.54) is 38.8 Å². The Bertz CT molecular complexity index is 227. The van der Waals surface area contributed by atoms with Crippen molar-refractivity contribution in [3.63, 3.8) is 0 Å². The summed E-state index contributed by atoms with van der Waals surface area (Å²) in [5, 5.41) is 0. The zero-order valence-electron chi connectivity index (χ0n) is 11.2. The van der Waals surface area contributed by atoms with Gasteiger partial charge in [0.15, 0.2) is 0 Å². The molecule has 2 rings (SSSR count). The van der Waals surface area contributed by atoms with Crippen molar-refractivity contribution in [2.45, 2.75) is 52.0 Å². The molecule has 2 nitrogen and oxygen atoms in total. The molecule has 0 radical (unpaired) electrons. The highest BCUT2D eigenvalue weighted by molar-refractivity contribution is 5.04. The average Bonchev–Trinajstić information content (AvgIpc) is 2.98. The third kappa shape index (κ3) is 2.28. The second-order valence-electron chi connectivity index (χ2n) is 6.32. The lowest BCUT2D eigenvalue weighted by Gasteiger charge is -2.55. The molecule has 16 heavy (non-hydrogen) atoms. The molecule has 0 aromatic heterocycles. The lowest BCUT2D eigenvalue weighted by atomic mass is 9.63. The molecule has 2 fully saturated rings. The molecule has 2 aliphatic carbocycles. The third-order valence-electron chi connectivity index (χ3n) is 4.84. The second-order valence-corrected chi connectivity index (χ2v) is 6.32. The van der Waals surface area contributed by atoms with Crippen molar-refractivity contribution >= 4 is 0 Å². The first-order chi connectivity index (χ1) is 7.61. The van der Waals surface area contributed by atoms with Gasteiger partial charge in [0.1, 0.15) is 0 Å². The van der Waals surface area contributed by atoms with Crippen LogP contribution in [-0.4, -0.2) is 30.1 Å². The monoisotopic (exact) mass is 224 g/mol. The highest BCUT2D eigenvalue weighted by Crippen LogP contribution is 2.46. The van der Waals surface area contributed by atoms with Gasteiger partial charge >= 0.3 is 0 Å². The molecular weight excluding hydrogens is 196 g/mol. The molecule has 2 saturated carbocycles. The largest absolute Gasteiger partial charge is 0.329 e. The van der Waals surface area contributed by atoms with Crippen LogP contribution in [0.5, 0.6) is 0 Å². The van der Waals surface area contributed by atoms with Gasteiger partial charge in [-0.05, 0) is 50.0 Å². The van der Waals surface area contributed by atoms with Gasteiger partial charge < -0.3 is 5.73 Å². The van der Waals surface area contributed by atoms with Gasteiger partial charge in [-0.3, -0.25) is 4.90 Å². The highest BCUT2D eigenvalue weighted by Gasteiger charge is 2.48. The summed E-state index contributed by atoms with van der Waals surface area (Å²) in [4.78, 5) is 2.68. The molecule has 0 atom stereocenters. The van der Waals surface area contributed by atoms with E-state index in [1.807, 2.05) is 0 Å². The standard InChI is InChI=1S/C14H28N2/c1-4-16(9-12-5-6-12)14(10-15)7-13(8-14)11(2)3/h11-13H,4-10,15H2,1-3H3. The molecule has 0 aromatic rings. The zero-order valence-corrected chi connectivity index (χ0v) is 11.2. The summed E-state index contributed by atoms with van der Waals surface area (Å²) < 4.78 is 0. The average molecular weight is 224 g/mol. The summed E-state index contributed by atoms with van der Waals surface area (Å²) in [5.74, 6) is 2.73. The van der Waals surface area contributed by atoms with E-state index in [0.717, 1.165) is 24.3 Å². The molecule has 0 spiro atoms. The van der Waals surface area contributed by atoms with Crippen molar-refractivity contribution in [1.29, 1.82) is 0 Å². The third-order valence-corrected chi connectivity index (χ3v) is 4.84. The molecule has 0 aliphatic heterocycles. The minimum absolute atomic E-state index is 0.367. The lowest BCUT2D eigenvalue weighted by molar-refractivity contribution is -0.0348. The fraction of sp³-hybridized carbons (Fsp3) is 1.00. The summed E-state index contributed by atoms with van der Waals surface area (Å²) in [5.41, 5.74) is 6.43. The molecule has 2 N–H and O–H groups in total. The number of nitrogens with zero attached hydrogens (tertiary/aromatic N) is 1. The fourth-order valence-electron chi connectivity index (χ4n) is 3.21. The molecule has 0 saturated heterocycles. The van der Waals surface area contributed by atoms with Crippen LogP contribution < -0.4 is 5.73 Å². The molecule has 0 aromatic carbocycles. The molecule has 2 heteroatoms. The predicted octanol–water partition coefficient (Wildman–Crippen LogP) is 2.48. The van der Waals surface area contributed by atoms with Gasteiger partial charge in [-0.1, -0.05) is 20.8 Å². The Morgan fingerprint density at radius 1 is 1.31 bits per heavy atom. The van der Waals surface area contributed by atoms with Crippen LogP contribution in [-0.2, 0) is 0 Å². The quantitative estimate of drug-likeness (QED) is 0.751. The zero-order chi connectivity index (χ0) is 11.8. The van der Waals surface area contributed by atoms with Crippen molar-refractivity contribution in [3.8, 4) is 0 Å². The van der Waals surface area contributed by atoms with E-state index in [2.05, 4.69) is 25.7 Å². The first-order valence-corrected chi connectivity index (χ1v) is 7.06. The highest BCUT2D eigenvalue weighted by atomic mass is 15.2. The maximum atomic E-state index is 6.06. The van der Waals surface area contributed by atoms with Crippen molar-refractivity contribution in [2.24, 2.45) is 23.5 Å².